The minimum absolute atomic E-state index is 0.335. The molecule has 130 valence electrons. The number of fused-ring (bicyclic) bond motifs is 2. The largest absolute Gasteiger partial charge is 0.486 e. The molecule has 7 nitrogen and oxygen atoms in total. The summed E-state index contributed by atoms with van der Waals surface area (Å²) in [6.07, 6.45) is 1.78. The smallest absolute Gasteiger partial charge is 0.300 e. The second kappa shape index (κ2) is 6.36. The molecule has 0 N–H and O–H groups in total. The number of amides is 1. The number of carbonyl (C=O) groups excluding carboxylic acids is 1. The van der Waals surface area contributed by atoms with Crippen molar-refractivity contribution in [3.05, 3.63) is 34.9 Å². The van der Waals surface area contributed by atoms with Crippen molar-refractivity contribution < 1.29 is 14.3 Å². The molecule has 4 rings (SSSR count). The minimum Gasteiger partial charge on any atom is -0.486 e. The van der Waals surface area contributed by atoms with Gasteiger partial charge < -0.3 is 14.0 Å². The van der Waals surface area contributed by atoms with E-state index in [-0.39, 0.29) is 5.91 Å². The van der Waals surface area contributed by atoms with Crippen molar-refractivity contribution in [1.82, 2.24) is 14.3 Å². The lowest BCUT2D eigenvalue weighted by molar-refractivity contribution is 0.0992. The topological polar surface area (TPSA) is 70.6 Å². The van der Waals surface area contributed by atoms with E-state index in [1.54, 1.807) is 16.9 Å². The Morgan fingerprint density at radius 3 is 2.68 bits per heavy atom. The molecule has 3 aromatic rings. The number of aromatic nitrogens is 3. The summed E-state index contributed by atoms with van der Waals surface area (Å²) >= 11 is 1.46. The average Bonchev–Trinajstić information content (AvgIpc) is 3.23. The number of ether oxygens (including phenoxy) is 2. The van der Waals surface area contributed by atoms with Gasteiger partial charge in [-0.05, 0) is 19.9 Å². The zero-order valence-electron chi connectivity index (χ0n) is 14.1. The maximum absolute atomic E-state index is 12.4. The van der Waals surface area contributed by atoms with Crippen LogP contribution in [0.3, 0.4) is 0 Å². The Hall–Kier alpha value is -2.61. The predicted molar refractivity (Wildman–Crippen MR) is 94.3 cm³/mol. The van der Waals surface area contributed by atoms with Crippen LogP contribution >= 0.6 is 11.3 Å². The maximum Gasteiger partial charge on any atom is 0.300 e. The molecule has 3 heterocycles. The van der Waals surface area contributed by atoms with E-state index in [0.717, 1.165) is 28.3 Å². The Morgan fingerprint density at radius 2 is 2.00 bits per heavy atom. The molecule has 0 radical (unpaired) electrons. The van der Waals surface area contributed by atoms with E-state index in [9.17, 15) is 4.79 Å². The highest BCUT2D eigenvalue weighted by Crippen LogP contribution is 2.35. The van der Waals surface area contributed by atoms with E-state index in [2.05, 4.69) is 10.1 Å². The molecule has 0 spiro atoms. The van der Waals surface area contributed by atoms with Crippen molar-refractivity contribution in [3.63, 3.8) is 0 Å². The Morgan fingerprint density at radius 1 is 1.24 bits per heavy atom. The molecule has 1 aliphatic heterocycles. The number of carbonyl (C=O) groups is 1. The van der Waals surface area contributed by atoms with E-state index in [1.165, 1.54) is 11.3 Å². The van der Waals surface area contributed by atoms with Crippen molar-refractivity contribution in [1.29, 1.82) is 0 Å². The van der Waals surface area contributed by atoms with Crippen LogP contribution in [-0.2, 0) is 13.1 Å². The molecule has 2 aromatic heterocycles. The van der Waals surface area contributed by atoms with Crippen molar-refractivity contribution >= 4 is 27.5 Å². The molecule has 0 atom stereocenters. The molecule has 1 aromatic carbocycles. The first kappa shape index (κ1) is 15.9. The minimum atomic E-state index is -0.335. The third-order valence-corrected chi connectivity index (χ3v) is 5.09. The number of rotatable bonds is 3. The highest BCUT2D eigenvalue weighted by atomic mass is 32.1. The third-order valence-electron chi connectivity index (χ3n) is 4.04. The molecule has 25 heavy (non-hydrogen) atoms. The molecule has 1 aliphatic rings. The van der Waals surface area contributed by atoms with Crippen molar-refractivity contribution in [3.8, 4) is 11.5 Å². The van der Waals surface area contributed by atoms with Crippen LogP contribution in [0.5, 0.6) is 11.5 Å². The highest BCUT2D eigenvalue weighted by Gasteiger charge is 2.17. The van der Waals surface area contributed by atoms with Crippen LogP contribution in [0.1, 0.15) is 24.3 Å². The Kier molecular flexibility index (Phi) is 4.04. The molecule has 0 unspecified atom stereocenters. The predicted octanol–water partition coefficient (Wildman–Crippen LogP) is 2.45. The Balaban J connectivity index is 1.81. The second-order valence-electron chi connectivity index (χ2n) is 5.57. The van der Waals surface area contributed by atoms with Crippen LogP contribution < -0.4 is 14.3 Å². The van der Waals surface area contributed by atoms with Gasteiger partial charge in [-0.3, -0.25) is 9.48 Å². The van der Waals surface area contributed by atoms with Crippen LogP contribution in [0.25, 0.3) is 10.2 Å². The lowest BCUT2D eigenvalue weighted by atomic mass is 10.2. The van der Waals surface area contributed by atoms with Gasteiger partial charge in [-0.25, -0.2) is 0 Å². The van der Waals surface area contributed by atoms with Crippen LogP contribution in [-0.4, -0.2) is 33.5 Å². The molecule has 0 bridgehead atoms. The lowest BCUT2D eigenvalue weighted by Crippen LogP contribution is -2.17. The van der Waals surface area contributed by atoms with Crippen molar-refractivity contribution in [2.45, 2.75) is 26.9 Å². The summed E-state index contributed by atoms with van der Waals surface area (Å²) in [7, 11) is 0. The first-order chi connectivity index (χ1) is 12.2. The lowest BCUT2D eigenvalue weighted by Gasteiger charge is -2.18. The number of nitrogens with zero attached hydrogens (tertiary/aromatic N) is 4. The summed E-state index contributed by atoms with van der Waals surface area (Å²) < 4.78 is 16.0. The van der Waals surface area contributed by atoms with E-state index < -0.39 is 0 Å². The fraction of sp³-hybridized carbons (Fsp3) is 0.353. The standard InChI is InChI=1S/C17H18N4O3S/c1-3-20-6-5-11(19-20)16(22)18-17-21(4-2)12-9-13-14(10-15(12)25-17)24-8-7-23-13/h5-6,9-10H,3-4,7-8H2,1-2H3. The summed E-state index contributed by atoms with van der Waals surface area (Å²) in [5.41, 5.74) is 1.34. The normalized spacial score (nSPS) is 14.2. The maximum atomic E-state index is 12.4. The first-order valence-corrected chi connectivity index (χ1v) is 9.06. The summed E-state index contributed by atoms with van der Waals surface area (Å²) in [5, 5.41) is 4.23. The molecule has 0 saturated carbocycles. The second-order valence-corrected chi connectivity index (χ2v) is 6.58. The fourth-order valence-electron chi connectivity index (χ4n) is 2.79. The van der Waals surface area contributed by atoms with Gasteiger partial charge in [0.15, 0.2) is 22.0 Å². The highest BCUT2D eigenvalue weighted by molar-refractivity contribution is 7.16. The summed E-state index contributed by atoms with van der Waals surface area (Å²) in [4.78, 5) is 17.4. The van der Waals surface area contributed by atoms with Gasteiger partial charge in [-0.2, -0.15) is 10.1 Å². The van der Waals surface area contributed by atoms with Crippen LogP contribution in [0.15, 0.2) is 29.4 Å². The number of benzene rings is 1. The van der Waals surface area contributed by atoms with Gasteiger partial charge in [0.2, 0.25) is 0 Å². The average molecular weight is 358 g/mol. The fourth-order valence-corrected chi connectivity index (χ4v) is 3.90. The Bertz CT molecular complexity index is 1010. The molecule has 1 amide bonds. The SMILES string of the molecule is CCn1ccc(C(=O)N=c2sc3cc4c(cc3n2CC)OCCO4)n1. The van der Waals surface area contributed by atoms with E-state index >= 15 is 0 Å². The third kappa shape index (κ3) is 2.82. The summed E-state index contributed by atoms with van der Waals surface area (Å²) in [6.45, 7) is 6.52. The van der Waals surface area contributed by atoms with Crippen molar-refractivity contribution in [2.24, 2.45) is 4.99 Å². The van der Waals surface area contributed by atoms with Crippen LogP contribution in [0.2, 0.25) is 0 Å². The molecule has 0 saturated heterocycles. The first-order valence-electron chi connectivity index (χ1n) is 8.25. The molecule has 0 fully saturated rings. The molecular weight excluding hydrogens is 340 g/mol. The van der Waals surface area contributed by atoms with Gasteiger partial charge in [-0.1, -0.05) is 11.3 Å². The molecular formula is C17H18N4O3S. The van der Waals surface area contributed by atoms with Gasteiger partial charge in [0.1, 0.15) is 13.2 Å². The van der Waals surface area contributed by atoms with Gasteiger partial charge in [-0.15, -0.1) is 0 Å². The number of hydrogen-bond acceptors (Lipinski definition) is 5. The Labute approximate surface area is 148 Å². The van der Waals surface area contributed by atoms with Gasteiger partial charge in [0, 0.05) is 31.4 Å². The van der Waals surface area contributed by atoms with Crippen molar-refractivity contribution in [2.75, 3.05) is 13.2 Å². The summed E-state index contributed by atoms with van der Waals surface area (Å²) in [5.74, 6) is 1.14. The van der Waals surface area contributed by atoms with E-state index in [1.807, 2.05) is 30.5 Å². The number of thiazole rings is 1. The zero-order chi connectivity index (χ0) is 17.4. The van der Waals surface area contributed by atoms with Gasteiger partial charge in [0.25, 0.3) is 5.91 Å². The van der Waals surface area contributed by atoms with Crippen LogP contribution in [0, 0.1) is 0 Å². The van der Waals surface area contributed by atoms with E-state index in [4.69, 9.17) is 9.47 Å². The van der Waals surface area contributed by atoms with Gasteiger partial charge in [0.05, 0.1) is 10.2 Å². The van der Waals surface area contributed by atoms with Gasteiger partial charge >= 0.3 is 0 Å². The monoisotopic (exact) mass is 358 g/mol. The number of hydrogen-bond donors (Lipinski definition) is 0. The zero-order valence-corrected chi connectivity index (χ0v) is 14.9. The quantitative estimate of drug-likeness (QED) is 0.721. The summed E-state index contributed by atoms with van der Waals surface area (Å²) in [6, 6.07) is 5.61. The molecule has 8 heteroatoms. The molecule has 0 aliphatic carbocycles. The van der Waals surface area contributed by atoms with E-state index in [0.29, 0.717) is 30.3 Å². The number of aryl methyl sites for hydroxylation is 2. The van der Waals surface area contributed by atoms with Crippen LogP contribution in [0.4, 0.5) is 0 Å².